The van der Waals surface area contributed by atoms with Crippen molar-refractivity contribution in [3.63, 3.8) is 0 Å². The molecule has 1 spiro atoms. The van der Waals surface area contributed by atoms with Gasteiger partial charge in [-0.05, 0) is 37.8 Å². The molecule has 2 nitrogen and oxygen atoms in total. The summed E-state index contributed by atoms with van der Waals surface area (Å²) in [5.74, 6) is 0.988. The van der Waals surface area contributed by atoms with E-state index in [1.807, 2.05) is 24.3 Å². The van der Waals surface area contributed by atoms with Gasteiger partial charge in [0.15, 0.2) is 5.60 Å². The van der Waals surface area contributed by atoms with Crippen LogP contribution < -0.4 is 4.74 Å². The summed E-state index contributed by atoms with van der Waals surface area (Å²) in [6.07, 6.45) is 5.23. The third kappa shape index (κ3) is 1.21. The molecule has 0 saturated heterocycles. The number of para-hydroxylation sites is 1. The van der Waals surface area contributed by atoms with Gasteiger partial charge in [0, 0.05) is 0 Å². The number of carbonyl (C=O) groups is 1. The number of Topliss-reactive ketones (excluding diaryl/α,β-unsaturated/α-hetero) is 1. The fourth-order valence-electron chi connectivity index (χ4n) is 2.70. The van der Waals surface area contributed by atoms with Crippen LogP contribution in [0.3, 0.4) is 0 Å². The second-order valence-corrected chi connectivity index (χ2v) is 4.48. The quantitative estimate of drug-likeness (QED) is 0.646. The molecule has 0 radical (unpaired) electrons. The van der Waals surface area contributed by atoms with E-state index in [4.69, 9.17) is 4.74 Å². The van der Waals surface area contributed by atoms with Gasteiger partial charge in [0.25, 0.3) is 0 Å². The van der Waals surface area contributed by atoms with Gasteiger partial charge < -0.3 is 4.74 Å². The molecule has 1 aliphatic heterocycles. The van der Waals surface area contributed by atoms with Crippen molar-refractivity contribution < 1.29 is 9.53 Å². The molecular weight excluding hydrogens is 188 g/mol. The van der Waals surface area contributed by atoms with Gasteiger partial charge in [-0.15, -0.1) is 0 Å². The monoisotopic (exact) mass is 202 g/mol. The van der Waals surface area contributed by atoms with Crippen LogP contribution in [0.15, 0.2) is 24.3 Å². The van der Waals surface area contributed by atoms with Crippen molar-refractivity contribution in [3.05, 3.63) is 29.8 Å². The van der Waals surface area contributed by atoms with E-state index in [2.05, 4.69) is 0 Å². The number of ketones is 1. The number of fused-ring (bicyclic) bond motifs is 1. The first-order valence-electron chi connectivity index (χ1n) is 5.65. The van der Waals surface area contributed by atoms with Gasteiger partial charge in [0.1, 0.15) is 5.75 Å². The molecule has 2 heteroatoms. The predicted molar refractivity (Wildman–Crippen MR) is 57.2 cm³/mol. The Morgan fingerprint density at radius 3 is 2.53 bits per heavy atom. The minimum Gasteiger partial charge on any atom is -0.478 e. The number of hydrogen-bond acceptors (Lipinski definition) is 2. The fraction of sp³-hybridized carbons (Fsp3) is 0.462. The van der Waals surface area contributed by atoms with E-state index in [9.17, 15) is 4.79 Å². The van der Waals surface area contributed by atoms with Crippen LogP contribution in [0, 0.1) is 0 Å². The molecule has 1 saturated carbocycles. The molecule has 2 aliphatic rings. The highest BCUT2D eigenvalue weighted by molar-refractivity contribution is 6.07. The van der Waals surface area contributed by atoms with Crippen LogP contribution in [0.25, 0.3) is 0 Å². The average Bonchev–Trinajstić information content (AvgIpc) is 2.54. The van der Waals surface area contributed by atoms with Crippen LogP contribution in [0.5, 0.6) is 5.75 Å². The first-order valence-corrected chi connectivity index (χ1v) is 5.65. The Hall–Kier alpha value is -1.31. The van der Waals surface area contributed by atoms with Crippen molar-refractivity contribution in [2.75, 3.05) is 0 Å². The summed E-state index contributed by atoms with van der Waals surface area (Å²) < 4.78 is 5.90. The van der Waals surface area contributed by atoms with Crippen LogP contribution in [0.4, 0.5) is 0 Å². The summed E-state index contributed by atoms with van der Waals surface area (Å²) in [6, 6.07) is 7.60. The molecule has 1 heterocycles. The second kappa shape index (κ2) is 3.09. The van der Waals surface area contributed by atoms with E-state index >= 15 is 0 Å². The maximum atomic E-state index is 12.2. The van der Waals surface area contributed by atoms with E-state index in [1.54, 1.807) is 0 Å². The zero-order valence-corrected chi connectivity index (χ0v) is 8.66. The lowest BCUT2D eigenvalue weighted by molar-refractivity contribution is 0.0391. The molecule has 1 aromatic rings. The third-order valence-corrected chi connectivity index (χ3v) is 3.51. The lowest BCUT2D eigenvalue weighted by Crippen LogP contribution is -2.41. The van der Waals surface area contributed by atoms with Crippen molar-refractivity contribution in [1.82, 2.24) is 0 Å². The first-order chi connectivity index (χ1) is 7.32. The molecule has 0 bridgehead atoms. The van der Waals surface area contributed by atoms with E-state index in [1.165, 1.54) is 6.42 Å². The van der Waals surface area contributed by atoms with Gasteiger partial charge in [-0.1, -0.05) is 18.6 Å². The molecule has 1 fully saturated rings. The summed E-state index contributed by atoms with van der Waals surface area (Å²) in [5.41, 5.74) is 0.279. The van der Waals surface area contributed by atoms with Gasteiger partial charge in [0.05, 0.1) is 5.56 Å². The SMILES string of the molecule is O=C1c2ccccc2OC12CCCCC2. The van der Waals surface area contributed by atoms with Crippen molar-refractivity contribution in [2.45, 2.75) is 37.7 Å². The minimum atomic E-state index is -0.498. The maximum absolute atomic E-state index is 12.2. The summed E-state index contributed by atoms with van der Waals surface area (Å²) >= 11 is 0. The summed E-state index contributed by atoms with van der Waals surface area (Å²) in [5, 5.41) is 0. The molecule has 0 unspecified atom stereocenters. The van der Waals surface area contributed by atoms with Crippen molar-refractivity contribution in [3.8, 4) is 5.75 Å². The minimum absolute atomic E-state index is 0.206. The Kier molecular flexibility index (Phi) is 1.84. The van der Waals surface area contributed by atoms with Gasteiger partial charge in [-0.2, -0.15) is 0 Å². The lowest BCUT2D eigenvalue weighted by Gasteiger charge is -2.30. The average molecular weight is 202 g/mol. The Balaban J connectivity index is 2.01. The van der Waals surface area contributed by atoms with Gasteiger partial charge in [0.2, 0.25) is 5.78 Å². The second-order valence-electron chi connectivity index (χ2n) is 4.48. The molecule has 0 atom stereocenters. The number of benzene rings is 1. The third-order valence-electron chi connectivity index (χ3n) is 3.51. The van der Waals surface area contributed by atoms with E-state index in [0.29, 0.717) is 0 Å². The van der Waals surface area contributed by atoms with Gasteiger partial charge in [-0.3, -0.25) is 4.79 Å². The highest BCUT2D eigenvalue weighted by Crippen LogP contribution is 2.42. The Labute approximate surface area is 89.2 Å². The standard InChI is InChI=1S/C13H14O2/c14-12-10-6-2-3-7-11(10)15-13(12)8-4-1-5-9-13/h2-3,6-7H,1,4-5,8-9H2. The molecule has 1 aromatic carbocycles. The summed E-state index contributed by atoms with van der Waals surface area (Å²) in [7, 11) is 0. The number of ether oxygens (including phenoxy) is 1. The highest BCUT2D eigenvalue weighted by Gasteiger charge is 2.47. The molecule has 15 heavy (non-hydrogen) atoms. The van der Waals surface area contributed by atoms with Gasteiger partial charge in [-0.25, -0.2) is 0 Å². The molecule has 0 aromatic heterocycles. The topological polar surface area (TPSA) is 26.3 Å². The van der Waals surface area contributed by atoms with E-state index < -0.39 is 5.60 Å². The predicted octanol–water partition coefficient (Wildman–Crippen LogP) is 2.96. The van der Waals surface area contributed by atoms with Gasteiger partial charge >= 0.3 is 0 Å². The lowest BCUT2D eigenvalue weighted by atomic mass is 9.81. The highest BCUT2D eigenvalue weighted by atomic mass is 16.5. The molecule has 0 N–H and O–H groups in total. The number of hydrogen-bond donors (Lipinski definition) is 0. The molecule has 1 aliphatic carbocycles. The Morgan fingerprint density at radius 1 is 1.07 bits per heavy atom. The largest absolute Gasteiger partial charge is 0.478 e. The van der Waals surface area contributed by atoms with Crippen LogP contribution >= 0.6 is 0 Å². The van der Waals surface area contributed by atoms with E-state index in [0.717, 1.165) is 37.0 Å². The number of carbonyl (C=O) groups excluding carboxylic acids is 1. The molecule has 78 valence electrons. The normalized spacial score (nSPS) is 22.5. The molecule has 3 rings (SSSR count). The van der Waals surface area contributed by atoms with Crippen molar-refractivity contribution in [1.29, 1.82) is 0 Å². The van der Waals surface area contributed by atoms with E-state index in [-0.39, 0.29) is 5.78 Å². The molecular formula is C13H14O2. The van der Waals surface area contributed by atoms with Crippen LogP contribution in [-0.2, 0) is 0 Å². The smallest absolute Gasteiger partial charge is 0.210 e. The maximum Gasteiger partial charge on any atom is 0.210 e. The Bertz CT molecular complexity index is 403. The Morgan fingerprint density at radius 2 is 1.80 bits per heavy atom. The fourth-order valence-corrected chi connectivity index (χ4v) is 2.70. The zero-order valence-electron chi connectivity index (χ0n) is 8.66. The van der Waals surface area contributed by atoms with Crippen LogP contribution in [-0.4, -0.2) is 11.4 Å². The summed E-state index contributed by atoms with van der Waals surface area (Å²) in [4.78, 5) is 12.2. The van der Waals surface area contributed by atoms with Crippen LogP contribution in [0.1, 0.15) is 42.5 Å². The summed E-state index contributed by atoms with van der Waals surface area (Å²) in [6.45, 7) is 0. The number of rotatable bonds is 0. The van der Waals surface area contributed by atoms with Crippen LogP contribution in [0.2, 0.25) is 0 Å². The van der Waals surface area contributed by atoms with Crippen molar-refractivity contribution >= 4 is 5.78 Å². The zero-order chi connectivity index (χ0) is 10.3. The first kappa shape index (κ1) is 8.96. The molecule has 0 amide bonds. The van der Waals surface area contributed by atoms with Crippen molar-refractivity contribution in [2.24, 2.45) is 0 Å².